The summed E-state index contributed by atoms with van der Waals surface area (Å²) in [6, 6.07) is 8.29. The first-order valence-corrected chi connectivity index (χ1v) is 8.53. The molecule has 0 aliphatic carbocycles. The molecule has 1 aliphatic heterocycles. The molecule has 0 unspecified atom stereocenters. The Labute approximate surface area is 137 Å². The Bertz CT molecular complexity index is 882. The maximum Gasteiger partial charge on any atom is 0.285 e. The third-order valence-corrected chi connectivity index (χ3v) is 5.02. The van der Waals surface area contributed by atoms with Crippen molar-refractivity contribution in [3.05, 3.63) is 46.2 Å². The molecule has 0 atom stereocenters. The van der Waals surface area contributed by atoms with Crippen LogP contribution in [0.1, 0.15) is 46.5 Å². The van der Waals surface area contributed by atoms with Crippen LogP contribution >= 0.6 is 11.3 Å². The topological polar surface area (TPSA) is 63.4 Å². The average Bonchev–Trinajstić information content (AvgIpc) is 3.13. The maximum atomic E-state index is 12.8. The van der Waals surface area contributed by atoms with Crippen LogP contribution in [0, 0.1) is 0 Å². The molecule has 0 radical (unpaired) electrons. The van der Waals surface area contributed by atoms with Crippen LogP contribution in [-0.2, 0) is 13.0 Å². The first-order valence-electron chi connectivity index (χ1n) is 7.71. The molecule has 1 aromatic carbocycles. The van der Waals surface area contributed by atoms with Crippen molar-refractivity contribution < 1.29 is 4.79 Å². The molecule has 6 nitrogen and oxygen atoms in total. The predicted molar refractivity (Wildman–Crippen MR) is 87.6 cm³/mol. The molecule has 0 saturated carbocycles. The second-order valence-corrected chi connectivity index (χ2v) is 7.02. The monoisotopic (exact) mass is 327 g/mol. The van der Waals surface area contributed by atoms with Crippen molar-refractivity contribution in [1.29, 1.82) is 0 Å². The van der Waals surface area contributed by atoms with E-state index < -0.39 is 0 Å². The zero-order valence-electron chi connectivity index (χ0n) is 13.1. The summed E-state index contributed by atoms with van der Waals surface area (Å²) in [5.41, 5.74) is 2.55. The van der Waals surface area contributed by atoms with E-state index in [1.165, 1.54) is 22.5 Å². The fourth-order valence-corrected chi connectivity index (χ4v) is 3.70. The summed E-state index contributed by atoms with van der Waals surface area (Å²) in [4.78, 5) is 15.3. The molecule has 118 valence electrons. The summed E-state index contributed by atoms with van der Waals surface area (Å²) in [6.07, 6.45) is 0.892. The van der Waals surface area contributed by atoms with E-state index in [2.05, 4.69) is 27.4 Å². The molecular weight excluding hydrogens is 310 g/mol. The number of rotatable bonds is 2. The minimum Gasteiger partial charge on any atom is -0.332 e. The van der Waals surface area contributed by atoms with E-state index in [4.69, 9.17) is 0 Å². The highest BCUT2D eigenvalue weighted by molar-refractivity contribution is 7.18. The van der Waals surface area contributed by atoms with E-state index in [0.29, 0.717) is 16.5 Å². The van der Waals surface area contributed by atoms with E-state index in [-0.39, 0.29) is 11.8 Å². The van der Waals surface area contributed by atoms with Crippen molar-refractivity contribution in [3.63, 3.8) is 0 Å². The SMILES string of the molecule is CC(C)c1nnc2sc(C(=O)N3CCc4ccccc4C3)nn12. The van der Waals surface area contributed by atoms with Crippen molar-refractivity contribution >= 4 is 22.2 Å². The molecule has 3 heterocycles. The lowest BCUT2D eigenvalue weighted by Gasteiger charge is -2.27. The van der Waals surface area contributed by atoms with Crippen LogP contribution in [0.15, 0.2) is 24.3 Å². The van der Waals surface area contributed by atoms with Crippen molar-refractivity contribution in [2.75, 3.05) is 6.54 Å². The van der Waals surface area contributed by atoms with Crippen molar-refractivity contribution in [3.8, 4) is 0 Å². The van der Waals surface area contributed by atoms with Gasteiger partial charge in [0.25, 0.3) is 5.91 Å². The molecule has 1 amide bonds. The lowest BCUT2D eigenvalue weighted by Crippen LogP contribution is -2.36. The second-order valence-electron chi connectivity index (χ2n) is 6.06. The highest BCUT2D eigenvalue weighted by atomic mass is 32.1. The number of hydrogen-bond acceptors (Lipinski definition) is 5. The Hall–Kier alpha value is -2.28. The third kappa shape index (κ3) is 2.41. The molecule has 23 heavy (non-hydrogen) atoms. The van der Waals surface area contributed by atoms with Gasteiger partial charge in [-0.15, -0.1) is 15.3 Å². The van der Waals surface area contributed by atoms with Crippen LogP contribution in [0.3, 0.4) is 0 Å². The summed E-state index contributed by atoms with van der Waals surface area (Å²) in [7, 11) is 0. The zero-order chi connectivity index (χ0) is 16.0. The smallest absolute Gasteiger partial charge is 0.285 e. The molecule has 3 aromatic rings. The van der Waals surface area contributed by atoms with Crippen LogP contribution in [0.25, 0.3) is 4.96 Å². The quantitative estimate of drug-likeness (QED) is 0.725. The second kappa shape index (κ2) is 5.42. The summed E-state index contributed by atoms with van der Waals surface area (Å²) in [5, 5.41) is 13.2. The fraction of sp³-hybridized carbons (Fsp3) is 0.375. The minimum atomic E-state index is -0.0234. The summed E-state index contributed by atoms with van der Waals surface area (Å²) in [5.74, 6) is 0.987. The van der Waals surface area contributed by atoms with E-state index in [1.54, 1.807) is 4.52 Å². The van der Waals surface area contributed by atoms with Gasteiger partial charge in [-0.05, 0) is 17.5 Å². The molecule has 0 fully saturated rings. The summed E-state index contributed by atoms with van der Waals surface area (Å²) in [6.45, 7) is 5.46. The molecule has 7 heteroatoms. The van der Waals surface area contributed by atoms with Gasteiger partial charge >= 0.3 is 0 Å². The average molecular weight is 327 g/mol. The zero-order valence-corrected chi connectivity index (χ0v) is 13.9. The first-order chi connectivity index (χ1) is 11.1. The van der Waals surface area contributed by atoms with E-state index in [9.17, 15) is 4.79 Å². The van der Waals surface area contributed by atoms with Crippen LogP contribution < -0.4 is 0 Å². The minimum absolute atomic E-state index is 0.0234. The van der Waals surface area contributed by atoms with E-state index >= 15 is 0 Å². The maximum absolute atomic E-state index is 12.8. The number of carbonyl (C=O) groups excluding carboxylic acids is 1. The van der Waals surface area contributed by atoms with Gasteiger partial charge in [0.2, 0.25) is 9.97 Å². The molecule has 0 saturated heterocycles. The third-order valence-electron chi connectivity index (χ3n) is 4.13. The Morgan fingerprint density at radius 3 is 2.78 bits per heavy atom. The number of benzene rings is 1. The number of fused-ring (bicyclic) bond motifs is 2. The Morgan fingerprint density at radius 1 is 1.22 bits per heavy atom. The molecule has 0 spiro atoms. The number of hydrogen-bond donors (Lipinski definition) is 0. The van der Waals surface area contributed by atoms with Gasteiger partial charge in [-0.3, -0.25) is 4.79 Å². The van der Waals surface area contributed by atoms with Gasteiger partial charge in [-0.1, -0.05) is 49.4 Å². The highest BCUT2D eigenvalue weighted by Crippen LogP contribution is 2.23. The van der Waals surface area contributed by atoms with Crippen LogP contribution in [0.5, 0.6) is 0 Å². The van der Waals surface area contributed by atoms with Crippen molar-refractivity contribution in [1.82, 2.24) is 24.7 Å². The van der Waals surface area contributed by atoms with Gasteiger partial charge in [-0.25, -0.2) is 0 Å². The molecular formula is C16H17N5OS. The Kier molecular flexibility index (Phi) is 3.37. The van der Waals surface area contributed by atoms with Crippen molar-refractivity contribution in [2.45, 2.75) is 32.7 Å². The lowest BCUT2D eigenvalue weighted by molar-refractivity contribution is 0.0733. The Morgan fingerprint density at radius 2 is 2.00 bits per heavy atom. The predicted octanol–water partition coefficient (Wildman–Crippen LogP) is 2.51. The van der Waals surface area contributed by atoms with Crippen molar-refractivity contribution in [2.24, 2.45) is 0 Å². The van der Waals surface area contributed by atoms with E-state index in [0.717, 1.165) is 18.8 Å². The van der Waals surface area contributed by atoms with Gasteiger partial charge in [0.15, 0.2) is 5.82 Å². The number of aromatic nitrogens is 4. The molecule has 1 aliphatic rings. The standard InChI is InChI=1S/C16H17N5OS/c1-10(2)13-17-18-16-21(13)19-14(23-16)15(22)20-8-7-11-5-3-4-6-12(11)9-20/h3-6,10H,7-9H2,1-2H3. The lowest BCUT2D eigenvalue weighted by atomic mass is 10.00. The van der Waals surface area contributed by atoms with E-state index in [1.807, 2.05) is 30.9 Å². The Balaban J connectivity index is 1.62. The molecule has 2 aromatic heterocycles. The number of amides is 1. The van der Waals surface area contributed by atoms with Gasteiger partial charge < -0.3 is 4.90 Å². The normalized spacial score (nSPS) is 14.5. The largest absolute Gasteiger partial charge is 0.332 e. The number of nitrogens with zero attached hydrogens (tertiary/aromatic N) is 5. The van der Waals surface area contributed by atoms with Gasteiger partial charge in [-0.2, -0.15) is 4.52 Å². The van der Waals surface area contributed by atoms with Crippen LogP contribution in [0.4, 0.5) is 0 Å². The molecule has 4 rings (SSSR count). The van der Waals surface area contributed by atoms with Gasteiger partial charge in [0, 0.05) is 19.0 Å². The van der Waals surface area contributed by atoms with Gasteiger partial charge in [0.05, 0.1) is 0 Å². The molecule has 0 bridgehead atoms. The number of carbonyl (C=O) groups is 1. The van der Waals surface area contributed by atoms with Gasteiger partial charge in [0.1, 0.15) is 0 Å². The molecule has 0 N–H and O–H groups in total. The fourth-order valence-electron chi connectivity index (χ4n) is 2.88. The highest BCUT2D eigenvalue weighted by Gasteiger charge is 2.25. The van der Waals surface area contributed by atoms with Crippen LogP contribution in [0.2, 0.25) is 0 Å². The summed E-state index contributed by atoms with van der Waals surface area (Å²) < 4.78 is 1.69. The first kappa shape index (κ1) is 14.3. The van der Waals surface area contributed by atoms with Crippen LogP contribution in [-0.4, -0.2) is 37.2 Å². The summed E-state index contributed by atoms with van der Waals surface area (Å²) >= 11 is 1.31.